The molecule has 0 aliphatic heterocycles. The minimum atomic E-state index is -0.389. The number of nitro groups is 1. The second-order valence-corrected chi connectivity index (χ2v) is 5.11. The summed E-state index contributed by atoms with van der Waals surface area (Å²) in [6, 6.07) is 18.9. The van der Waals surface area contributed by atoms with Gasteiger partial charge >= 0.3 is 0 Å². The van der Waals surface area contributed by atoms with Crippen molar-refractivity contribution in [1.29, 1.82) is 0 Å². The number of methoxy groups -OCH3 is 1. The fourth-order valence-corrected chi connectivity index (χ4v) is 2.55. The Morgan fingerprint density at radius 3 is 2.23 bits per heavy atom. The zero-order chi connectivity index (χ0) is 15.5. The van der Waals surface area contributed by atoms with E-state index in [-0.39, 0.29) is 10.6 Å². The molecule has 3 rings (SSSR count). The van der Waals surface area contributed by atoms with E-state index < -0.39 is 0 Å². The molecule has 0 spiro atoms. The summed E-state index contributed by atoms with van der Waals surface area (Å²) in [5, 5.41) is 13.0. The van der Waals surface area contributed by atoms with Crippen LogP contribution in [0.25, 0.3) is 10.8 Å². The normalized spacial score (nSPS) is 10.6. The molecule has 4 nitrogen and oxygen atoms in total. The van der Waals surface area contributed by atoms with Gasteiger partial charge < -0.3 is 4.74 Å². The van der Waals surface area contributed by atoms with Gasteiger partial charge in [0.2, 0.25) is 0 Å². The highest BCUT2D eigenvalue weighted by molar-refractivity contribution is 5.85. The first-order valence-electron chi connectivity index (χ1n) is 6.96. The van der Waals surface area contributed by atoms with Gasteiger partial charge in [-0.05, 0) is 34.0 Å². The number of fused-ring (bicyclic) bond motifs is 1. The topological polar surface area (TPSA) is 52.4 Å². The number of ether oxygens (including phenoxy) is 1. The molecule has 0 aliphatic rings. The zero-order valence-electron chi connectivity index (χ0n) is 12.2. The second-order valence-electron chi connectivity index (χ2n) is 5.11. The number of nitrogens with zero attached hydrogens (tertiary/aromatic N) is 1. The van der Waals surface area contributed by atoms with Crippen molar-refractivity contribution in [1.82, 2.24) is 0 Å². The molecule has 110 valence electrons. The van der Waals surface area contributed by atoms with Crippen LogP contribution in [0.1, 0.15) is 11.1 Å². The lowest BCUT2D eigenvalue weighted by Gasteiger charge is -2.10. The summed E-state index contributed by atoms with van der Waals surface area (Å²) >= 11 is 0. The maximum Gasteiger partial charge on any atom is 0.269 e. The van der Waals surface area contributed by atoms with Crippen LogP contribution in [-0.2, 0) is 6.42 Å². The number of rotatable bonds is 4. The summed E-state index contributed by atoms with van der Waals surface area (Å²) in [6.07, 6.45) is 0.673. The molecular formula is C18H15NO3. The van der Waals surface area contributed by atoms with Gasteiger partial charge in [-0.25, -0.2) is 0 Å². The van der Waals surface area contributed by atoms with Gasteiger partial charge in [-0.1, -0.05) is 36.4 Å². The molecular weight excluding hydrogens is 278 g/mol. The van der Waals surface area contributed by atoms with Crippen LogP contribution in [0.4, 0.5) is 5.69 Å². The monoisotopic (exact) mass is 293 g/mol. The highest BCUT2D eigenvalue weighted by Gasteiger charge is 2.08. The Labute approximate surface area is 128 Å². The van der Waals surface area contributed by atoms with E-state index in [0.29, 0.717) is 6.42 Å². The summed E-state index contributed by atoms with van der Waals surface area (Å²) in [5.74, 6) is 0.831. The van der Waals surface area contributed by atoms with Gasteiger partial charge in [0, 0.05) is 18.6 Å². The van der Waals surface area contributed by atoms with Crippen LogP contribution in [-0.4, -0.2) is 12.0 Å². The van der Waals surface area contributed by atoms with Gasteiger partial charge in [0.25, 0.3) is 5.69 Å². The Kier molecular flexibility index (Phi) is 3.74. The third-order valence-electron chi connectivity index (χ3n) is 3.69. The fraction of sp³-hybridized carbons (Fsp3) is 0.111. The molecule has 0 fully saturated rings. The van der Waals surface area contributed by atoms with E-state index in [1.807, 2.05) is 24.3 Å². The van der Waals surface area contributed by atoms with E-state index in [1.165, 1.54) is 12.1 Å². The van der Waals surface area contributed by atoms with Gasteiger partial charge in [0.1, 0.15) is 5.75 Å². The van der Waals surface area contributed by atoms with Gasteiger partial charge in [-0.3, -0.25) is 10.1 Å². The van der Waals surface area contributed by atoms with Gasteiger partial charge in [0.15, 0.2) is 0 Å². The number of benzene rings is 3. The Balaban J connectivity index is 1.96. The summed E-state index contributed by atoms with van der Waals surface area (Å²) in [4.78, 5) is 10.3. The third kappa shape index (κ3) is 2.76. The predicted molar refractivity (Wildman–Crippen MR) is 86.4 cm³/mol. The largest absolute Gasteiger partial charge is 0.496 e. The second kappa shape index (κ2) is 5.85. The standard InChI is InChI=1S/C18H15NO3/c1-22-18-12-15-5-3-2-4-14(15)11-16(18)10-13-6-8-17(9-7-13)19(20)21/h2-9,11-12H,10H2,1H3. The maximum absolute atomic E-state index is 10.7. The number of non-ortho nitro benzene ring substituents is 1. The Hall–Kier alpha value is -2.88. The highest BCUT2D eigenvalue weighted by Crippen LogP contribution is 2.28. The molecule has 0 bridgehead atoms. The van der Waals surface area contributed by atoms with Crippen LogP contribution < -0.4 is 4.74 Å². The molecule has 0 atom stereocenters. The van der Waals surface area contributed by atoms with Crippen molar-refractivity contribution in [2.75, 3.05) is 7.11 Å². The van der Waals surface area contributed by atoms with Gasteiger partial charge in [0.05, 0.1) is 12.0 Å². The van der Waals surface area contributed by atoms with Crippen LogP contribution >= 0.6 is 0 Å². The van der Waals surface area contributed by atoms with Crippen LogP contribution in [0.2, 0.25) is 0 Å². The van der Waals surface area contributed by atoms with Crippen LogP contribution in [0.3, 0.4) is 0 Å². The van der Waals surface area contributed by atoms with Gasteiger partial charge in [-0.15, -0.1) is 0 Å². The van der Waals surface area contributed by atoms with Crippen LogP contribution in [0.5, 0.6) is 5.75 Å². The Morgan fingerprint density at radius 1 is 1.00 bits per heavy atom. The predicted octanol–water partition coefficient (Wildman–Crippen LogP) is 4.35. The maximum atomic E-state index is 10.7. The average Bonchev–Trinajstić information content (AvgIpc) is 2.54. The van der Waals surface area contributed by atoms with E-state index in [1.54, 1.807) is 19.2 Å². The lowest BCUT2D eigenvalue weighted by Crippen LogP contribution is -1.95. The quantitative estimate of drug-likeness (QED) is 0.531. The van der Waals surface area contributed by atoms with E-state index in [0.717, 1.165) is 27.6 Å². The third-order valence-corrected chi connectivity index (χ3v) is 3.69. The van der Waals surface area contributed by atoms with E-state index in [4.69, 9.17) is 4.74 Å². The molecule has 3 aromatic carbocycles. The van der Waals surface area contributed by atoms with Crippen molar-refractivity contribution in [2.45, 2.75) is 6.42 Å². The lowest BCUT2D eigenvalue weighted by molar-refractivity contribution is -0.384. The Morgan fingerprint density at radius 2 is 1.64 bits per heavy atom. The van der Waals surface area contributed by atoms with Crippen molar-refractivity contribution in [3.05, 3.63) is 81.9 Å². The molecule has 0 heterocycles. The van der Waals surface area contributed by atoms with Crippen LogP contribution in [0.15, 0.2) is 60.7 Å². The highest BCUT2D eigenvalue weighted by atomic mass is 16.6. The molecule has 22 heavy (non-hydrogen) atoms. The van der Waals surface area contributed by atoms with Crippen molar-refractivity contribution in [2.24, 2.45) is 0 Å². The van der Waals surface area contributed by atoms with Crippen molar-refractivity contribution >= 4 is 16.5 Å². The molecule has 0 N–H and O–H groups in total. The van der Waals surface area contributed by atoms with Crippen LogP contribution in [0, 0.1) is 10.1 Å². The zero-order valence-corrected chi connectivity index (χ0v) is 12.2. The SMILES string of the molecule is COc1cc2ccccc2cc1Cc1ccc([N+](=O)[O-])cc1. The molecule has 3 aromatic rings. The summed E-state index contributed by atoms with van der Waals surface area (Å²) in [6.45, 7) is 0. The Bertz CT molecular complexity index is 825. The average molecular weight is 293 g/mol. The number of nitro benzene ring substituents is 1. The fourth-order valence-electron chi connectivity index (χ4n) is 2.55. The first kappa shape index (κ1) is 14.1. The minimum absolute atomic E-state index is 0.106. The van der Waals surface area contributed by atoms with E-state index >= 15 is 0 Å². The first-order valence-corrected chi connectivity index (χ1v) is 6.96. The molecule has 0 saturated heterocycles. The molecule has 0 amide bonds. The van der Waals surface area contributed by atoms with Crippen molar-refractivity contribution < 1.29 is 9.66 Å². The summed E-state index contributed by atoms with van der Waals surface area (Å²) in [7, 11) is 1.66. The van der Waals surface area contributed by atoms with Crippen molar-refractivity contribution in [3.63, 3.8) is 0 Å². The lowest BCUT2D eigenvalue weighted by atomic mass is 10.00. The van der Waals surface area contributed by atoms with Gasteiger partial charge in [-0.2, -0.15) is 0 Å². The minimum Gasteiger partial charge on any atom is -0.496 e. The van der Waals surface area contributed by atoms with E-state index in [9.17, 15) is 10.1 Å². The number of hydrogen-bond donors (Lipinski definition) is 0. The molecule has 0 aliphatic carbocycles. The van der Waals surface area contributed by atoms with Crippen molar-refractivity contribution in [3.8, 4) is 5.75 Å². The summed E-state index contributed by atoms with van der Waals surface area (Å²) < 4.78 is 5.48. The van der Waals surface area contributed by atoms with E-state index in [2.05, 4.69) is 12.1 Å². The number of hydrogen-bond acceptors (Lipinski definition) is 3. The smallest absolute Gasteiger partial charge is 0.269 e. The first-order chi connectivity index (χ1) is 10.7. The molecule has 0 aromatic heterocycles. The molecule has 0 radical (unpaired) electrons. The molecule has 4 heteroatoms. The molecule has 0 unspecified atom stereocenters. The molecule has 0 saturated carbocycles. The summed E-state index contributed by atoms with van der Waals surface area (Å²) in [5.41, 5.74) is 2.18.